The molecule has 2 aromatic carbocycles. The Morgan fingerprint density at radius 2 is 2.11 bits per heavy atom. The maximum absolute atomic E-state index is 14.4. The number of carbonyl (C=O) groups excluding carboxylic acids is 2. The average molecular weight is 527 g/mol. The molecule has 2 amide bonds. The zero-order valence-electron chi connectivity index (χ0n) is 20.3. The van der Waals surface area contributed by atoms with Crippen LogP contribution in [0.3, 0.4) is 0 Å². The van der Waals surface area contributed by atoms with Crippen molar-refractivity contribution in [2.45, 2.75) is 18.7 Å². The number of carbonyl (C=O) groups is 2. The number of hydrogen-bond donors (Lipinski definition) is 1. The van der Waals surface area contributed by atoms with Crippen LogP contribution in [0.5, 0.6) is 5.75 Å². The van der Waals surface area contributed by atoms with E-state index in [4.69, 9.17) is 4.74 Å². The maximum atomic E-state index is 14.4. The number of amides is 2. The van der Waals surface area contributed by atoms with Crippen molar-refractivity contribution in [3.63, 3.8) is 0 Å². The first-order valence-corrected chi connectivity index (χ1v) is 13.6. The minimum atomic E-state index is -0.319. The van der Waals surface area contributed by atoms with E-state index >= 15 is 0 Å². The van der Waals surface area contributed by atoms with Gasteiger partial charge in [0.15, 0.2) is 5.13 Å². The zero-order chi connectivity index (χ0) is 25.4. The molecule has 188 valence electrons. The summed E-state index contributed by atoms with van der Waals surface area (Å²) in [4.78, 5) is 35.5. The van der Waals surface area contributed by atoms with Gasteiger partial charge < -0.3 is 19.9 Å². The Hall–Kier alpha value is -3.11. The molecule has 0 spiro atoms. The second-order valence-corrected chi connectivity index (χ2v) is 11.2. The minimum absolute atomic E-state index is 0.170. The number of benzene rings is 2. The lowest BCUT2D eigenvalue weighted by atomic mass is 10.0. The molecule has 1 aromatic heterocycles. The lowest BCUT2D eigenvalue weighted by molar-refractivity contribution is 0.0747. The third kappa shape index (κ3) is 4.67. The molecule has 5 rings (SSSR count). The number of thioether (sulfide) groups is 1. The highest BCUT2D eigenvalue weighted by atomic mass is 32.2. The molecule has 0 aliphatic carbocycles. The summed E-state index contributed by atoms with van der Waals surface area (Å²) in [5.74, 6) is 0.820. The Labute approximate surface area is 217 Å². The molecule has 0 saturated carbocycles. The third-order valence-electron chi connectivity index (χ3n) is 6.31. The van der Waals surface area contributed by atoms with E-state index in [1.807, 2.05) is 37.2 Å². The van der Waals surface area contributed by atoms with Crippen LogP contribution in [0, 0.1) is 12.7 Å². The Kier molecular flexibility index (Phi) is 6.90. The number of halogens is 1. The Bertz CT molecular complexity index is 1330. The van der Waals surface area contributed by atoms with E-state index in [1.54, 1.807) is 35.7 Å². The van der Waals surface area contributed by atoms with Gasteiger partial charge in [0.2, 0.25) is 0 Å². The normalized spacial score (nSPS) is 16.6. The summed E-state index contributed by atoms with van der Waals surface area (Å²) in [6.45, 7) is 3.16. The van der Waals surface area contributed by atoms with Crippen molar-refractivity contribution >= 4 is 40.0 Å². The third-order valence-corrected chi connectivity index (χ3v) is 8.81. The largest absolute Gasteiger partial charge is 0.493 e. The topological polar surface area (TPSA) is 74.8 Å². The summed E-state index contributed by atoms with van der Waals surface area (Å²) >= 11 is 2.99. The van der Waals surface area contributed by atoms with E-state index in [1.165, 1.54) is 17.4 Å². The summed E-state index contributed by atoms with van der Waals surface area (Å²) in [5.41, 5.74) is 3.03. The molecule has 1 fully saturated rings. The lowest BCUT2D eigenvalue weighted by Crippen LogP contribution is -2.42. The smallest absolute Gasteiger partial charge is 0.275 e. The highest BCUT2D eigenvalue weighted by molar-refractivity contribution is 8.00. The van der Waals surface area contributed by atoms with Gasteiger partial charge in [-0.3, -0.25) is 9.59 Å². The van der Waals surface area contributed by atoms with Crippen LogP contribution >= 0.6 is 23.1 Å². The predicted octanol–water partition coefficient (Wildman–Crippen LogP) is 4.20. The molecule has 1 unspecified atom stereocenters. The molecule has 3 aromatic rings. The minimum Gasteiger partial charge on any atom is -0.493 e. The highest BCUT2D eigenvalue weighted by Crippen LogP contribution is 2.37. The van der Waals surface area contributed by atoms with Crippen molar-refractivity contribution in [1.29, 1.82) is 0 Å². The van der Waals surface area contributed by atoms with Crippen LogP contribution in [0.1, 0.15) is 32.0 Å². The van der Waals surface area contributed by atoms with Crippen LogP contribution in [0.25, 0.3) is 10.4 Å². The summed E-state index contributed by atoms with van der Waals surface area (Å²) in [6.07, 6.45) is 0.710. The fraction of sp³-hybridized carbons (Fsp3) is 0.346. The SMILES string of the molecule is Cc1ccc(-c2sc(N(C)C)nc2C(=O)N2CCSC2CNC(=O)c2cccc3c2CCO3)cc1F. The fourth-order valence-corrected chi connectivity index (χ4v) is 6.48. The van der Waals surface area contributed by atoms with Crippen molar-refractivity contribution in [1.82, 2.24) is 15.2 Å². The molecule has 1 N–H and O–H groups in total. The average Bonchev–Trinajstić information content (AvgIpc) is 3.62. The van der Waals surface area contributed by atoms with Crippen molar-refractivity contribution < 1.29 is 18.7 Å². The number of nitrogens with one attached hydrogen (secondary N) is 1. The van der Waals surface area contributed by atoms with Crippen molar-refractivity contribution in [2.75, 3.05) is 44.4 Å². The summed E-state index contributed by atoms with van der Waals surface area (Å²) in [5, 5.41) is 3.46. The monoisotopic (exact) mass is 526 g/mol. The first-order valence-electron chi connectivity index (χ1n) is 11.7. The quantitative estimate of drug-likeness (QED) is 0.519. The van der Waals surface area contributed by atoms with Gasteiger partial charge in [-0.2, -0.15) is 0 Å². The second-order valence-electron chi connectivity index (χ2n) is 8.95. The van der Waals surface area contributed by atoms with E-state index in [-0.39, 0.29) is 23.0 Å². The zero-order valence-corrected chi connectivity index (χ0v) is 22.0. The first kappa shape index (κ1) is 24.6. The van der Waals surface area contributed by atoms with Crippen LogP contribution in [-0.4, -0.2) is 66.6 Å². The van der Waals surface area contributed by atoms with E-state index in [0.717, 1.165) is 17.1 Å². The van der Waals surface area contributed by atoms with Gasteiger partial charge in [0.1, 0.15) is 17.3 Å². The molecular formula is C26H27FN4O3S2. The Morgan fingerprint density at radius 3 is 2.89 bits per heavy atom. The van der Waals surface area contributed by atoms with Crippen LogP contribution in [0.2, 0.25) is 0 Å². The van der Waals surface area contributed by atoms with E-state index < -0.39 is 0 Å². The van der Waals surface area contributed by atoms with Gasteiger partial charge in [-0.05, 0) is 36.2 Å². The molecular weight excluding hydrogens is 499 g/mol. The Balaban J connectivity index is 1.36. The molecule has 2 aliphatic rings. The van der Waals surface area contributed by atoms with Gasteiger partial charge in [0.25, 0.3) is 11.8 Å². The summed E-state index contributed by atoms with van der Waals surface area (Å²) in [6, 6.07) is 10.5. The fourth-order valence-electron chi connectivity index (χ4n) is 4.34. The lowest BCUT2D eigenvalue weighted by Gasteiger charge is -2.24. The molecule has 2 aliphatic heterocycles. The first-order chi connectivity index (χ1) is 17.3. The molecule has 36 heavy (non-hydrogen) atoms. The number of thiazole rings is 1. The van der Waals surface area contributed by atoms with E-state index in [9.17, 15) is 14.0 Å². The van der Waals surface area contributed by atoms with E-state index in [2.05, 4.69) is 10.3 Å². The molecule has 1 atom stereocenters. The van der Waals surface area contributed by atoms with Crippen molar-refractivity contribution in [3.8, 4) is 16.2 Å². The molecule has 3 heterocycles. The number of rotatable bonds is 6. The second kappa shape index (κ2) is 10.1. The molecule has 0 radical (unpaired) electrons. The summed E-state index contributed by atoms with van der Waals surface area (Å²) < 4.78 is 19.9. The number of anilines is 1. The molecule has 7 nitrogen and oxygen atoms in total. The van der Waals surface area contributed by atoms with Gasteiger partial charge >= 0.3 is 0 Å². The predicted molar refractivity (Wildman–Crippen MR) is 142 cm³/mol. The maximum Gasteiger partial charge on any atom is 0.275 e. The number of ether oxygens (including phenoxy) is 1. The molecule has 10 heteroatoms. The number of fused-ring (bicyclic) bond motifs is 1. The number of aryl methyl sites for hydroxylation is 1. The van der Waals surface area contributed by atoms with Crippen LogP contribution in [-0.2, 0) is 6.42 Å². The van der Waals surface area contributed by atoms with Gasteiger partial charge in [-0.25, -0.2) is 9.37 Å². The number of nitrogens with zero attached hydrogens (tertiary/aromatic N) is 3. The Morgan fingerprint density at radius 1 is 1.28 bits per heavy atom. The van der Waals surface area contributed by atoms with E-state index in [0.29, 0.717) is 58.5 Å². The number of hydrogen-bond acceptors (Lipinski definition) is 7. The molecule has 1 saturated heterocycles. The van der Waals surface area contributed by atoms with Gasteiger partial charge in [0.05, 0.1) is 16.9 Å². The summed E-state index contributed by atoms with van der Waals surface area (Å²) in [7, 11) is 3.73. The van der Waals surface area contributed by atoms with Crippen LogP contribution in [0.4, 0.5) is 9.52 Å². The van der Waals surface area contributed by atoms with Gasteiger partial charge in [-0.15, -0.1) is 11.8 Å². The van der Waals surface area contributed by atoms with Crippen molar-refractivity contribution in [3.05, 3.63) is 64.6 Å². The van der Waals surface area contributed by atoms with Gasteiger partial charge in [0, 0.05) is 50.5 Å². The van der Waals surface area contributed by atoms with Crippen LogP contribution < -0.4 is 15.0 Å². The highest BCUT2D eigenvalue weighted by Gasteiger charge is 2.34. The van der Waals surface area contributed by atoms with Crippen molar-refractivity contribution in [2.24, 2.45) is 0 Å². The number of aromatic nitrogens is 1. The standard InChI is InChI=1S/C26H27FN4O3S2/c1-15-7-8-16(13-19(15)27)23-22(29-26(36-23)30(2)3)25(33)31-10-12-35-21(31)14-28-24(32)18-5-4-6-20-17(18)9-11-34-20/h4-8,13,21H,9-12,14H2,1-3H3,(H,28,32). The molecule has 0 bridgehead atoms. The van der Waals surface area contributed by atoms with Gasteiger partial charge in [-0.1, -0.05) is 29.5 Å². The van der Waals surface area contributed by atoms with Crippen LogP contribution in [0.15, 0.2) is 36.4 Å².